The molecular formula is C14H24N4O. The molecule has 0 aromatic carbocycles. The summed E-state index contributed by atoms with van der Waals surface area (Å²) in [5.41, 5.74) is 0.164. The molecule has 1 N–H and O–H groups in total. The van der Waals surface area contributed by atoms with Crippen LogP contribution in [-0.2, 0) is 11.3 Å². The highest BCUT2D eigenvalue weighted by Gasteiger charge is 2.43. The fraction of sp³-hybridized carbons (Fsp3) is 0.857. The van der Waals surface area contributed by atoms with Gasteiger partial charge in [0.25, 0.3) is 0 Å². The van der Waals surface area contributed by atoms with Gasteiger partial charge in [0.05, 0.1) is 18.2 Å². The molecule has 1 spiro atoms. The van der Waals surface area contributed by atoms with E-state index in [-0.39, 0.29) is 5.60 Å². The third-order valence-electron chi connectivity index (χ3n) is 4.39. The van der Waals surface area contributed by atoms with Crippen molar-refractivity contribution < 1.29 is 4.74 Å². The Kier molecular flexibility index (Phi) is 3.58. The molecule has 2 aliphatic rings. The molecule has 5 nitrogen and oxygen atoms in total. The van der Waals surface area contributed by atoms with Gasteiger partial charge in [0, 0.05) is 12.6 Å². The van der Waals surface area contributed by atoms with Gasteiger partial charge in [-0.05, 0) is 32.1 Å². The van der Waals surface area contributed by atoms with Crippen LogP contribution in [0.15, 0.2) is 6.33 Å². The lowest BCUT2D eigenvalue weighted by Crippen LogP contribution is -2.46. The summed E-state index contributed by atoms with van der Waals surface area (Å²) in [6, 6.07) is 0.929. The van der Waals surface area contributed by atoms with E-state index < -0.39 is 0 Å². The summed E-state index contributed by atoms with van der Waals surface area (Å²) in [5.74, 6) is 1.05. The van der Waals surface area contributed by atoms with E-state index in [1.165, 1.54) is 19.3 Å². The minimum Gasteiger partial charge on any atom is -0.375 e. The van der Waals surface area contributed by atoms with E-state index in [1.807, 2.05) is 0 Å². The minimum absolute atomic E-state index is 0.164. The molecule has 1 saturated heterocycles. The minimum atomic E-state index is 0.164. The fourth-order valence-electron chi connectivity index (χ4n) is 3.13. The first kappa shape index (κ1) is 13.1. The van der Waals surface area contributed by atoms with Crippen LogP contribution in [0.2, 0.25) is 0 Å². The van der Waals surface area contributed by atoms with Crippen molar-refractivity contribution in [2.75, 3.05) is 6.61 Å². The molecule has 0 bridgehead atoms. The van der Waals surface area contributed by atoms with Gasteiger partial charge in [0.15, 0.2) is 0 Å². The quantitative estimate of drug-likeness (QED) is 0.904. The molecule has 2 heterocycles. The first-order valence-corrected chi connectivity index (χ1v) is 7.44. The average Bonchev–Trinajstić information content (AvgIpc) is 2.83. The lowest BCUT2D eigenvalue weighted by atomic mass is 9.74. The number of nitrogens with zero attached hydrogens (tertiary/aromatic N) is 3. The third kappa shape index (κ3) is 2.67. The Bertz CT molecular complexity index is 425. The lowest BCUT2D eigenvalue weighted by Gasteiger charge is -2.47. The molecule has 0 radical (unpaired) electrons. The van der Waals surface area contributed by atoms with Gasteiger partial charge in [0.2, 0.25) is 0 Å². The van der Waals surface area contributed by atoms with Crippen LogP contribution in [0.3, 0.4) is 0 Å². The van der Waals surface area contributed by atoms with Crippen LogP contribution >= 0.6 is 0 Å². The largest absolute Gasteiger partial charge is 0.375 e. The van der Waals surface area contributed by atoms with Gasteiger partial charge in [-0.25, -0.2) is 9.67 Å². The van der Waals surface area contributed by atoms with Crippen LogP contribution in [0.25, 0.3) is 0 Å². The second-order valence-corrected chi connectivity index (χ2v) is 6.19. The second-order valence-electron chi connectivity index (χ2n) is 6.19. The van der Waals surface area contributed by atoms with Crippen LogP contribution in [0.1, 0.15) is 57.8 Å². The summed E-state index contributed by atoms with van der Waals surface area (Å²) in [6.07, 6.45) is 7.59. The Hall–Kier alpha value is -0.940. The van der Waals surface area contributed by atoms with Crippen molar-refractivity contribution in [3.63, 3.8) is 0 Å². The predicted molar refractivity (Wildman–Crippen MR) is 72.8 cm³/mol. The Morgan fingerprint density at radius 2 is 2.37 bits per heavy atom. The fourth-order valence-corrected chi connectivity index (χ4v) is 3.13. The van der Waals surface area contributed by atoms with Crippen LogP contribution in [0.5, 0.6) is 0 Å². The molecule has 19 heavy (non-hydrogen) atoms. The zero-order chi connectivity index (χ0) is 13.3. The molecular weight excluding hydrogens is 240 g/mol. The second kappa shape index (κ2) is 5.21. The molecule has 3 rings (SSSR count). The van der Waals surface area contributed by atoms with Gasteiger partial charge in [-0.3, -0.25) is 0 Å². The average molecular weight is 264 g/mol. The standard InChI is InChI=1S/C14H24N4O/c1-11(2)15-9-13-16-10-17-18(13)12-4-7-19-14(8-12)5-3-6-14/h10-12,15H,3-9H2,1-2H3. The maximum absolute atomic E-state index is 5.99. The van der Waals surface area contributed by atoms with Gasteiger partial charge in [-0.15, -0.1) is 0 Å². The zero-order valence-electron chi connectivity index (χ0n) is 11.9. The van der Waals surface area contributed by atoms with Crippen molar-refractivity contribution in [3.8, 4) is 0 Å². The Morgan fingerprint density at radius 1 is 1.53 bits per heavy atom. The lowest BCUT2D eigenvalue weighted by molar-refractivity contribution is -0.141. The number of ether oxygens (including phenoxy) is 1. The van der Waals surface area contributed by atoms with Crippen molar-refractivity contribution in [2.45, 2.75) is 70.2 Å². The molecule has 1 aliphatic carbocycles. The highest BCUT2D eigenvalue weighted by molar-refractivity contribution is 4.98. The van der Waals surface area contributed by atoms with Gasteiger partial charge >= 0.3 is 0 Å². The van der Waals surface area contributed by atoms with E-state index in [0.717, 1.165) is 31.8 Å². The van der Waals surface area contributed by atoms with Crippen molar-refractivity contribution in [1.29, 1.82) is 0 Å². The van der Waals surface area contributed by atoms with Gasteiger partial charge in [-0.2, -0.15) is 5.10 Å². The van der Waals surface area contributed by atoms with Crippen molar-refractivity contribution >= 4 is 0 Å². The summed E-state index contributed by atoms with van der Waals surface area (Å²) < 4.78 is 8.11. The van der Waals surface area contributed by atoms with Crippen molar-refractivity contribution in [1.82, 2.24) is 20.1 Å². The first-order valence-electron chi connectivity index (χ1n) is 7.44. The third-order valence-corrected chi connectivity index (χ3v) is 4.39. The molecule has 1 saturated carbocycles. The molecule has 2 fully saturated rings. The highest BCUT2D eigenvalue weighted by atomic mass is 16.5. The number of rotatable bonds is 4. The monoisotopic (exact) mass is 264 g/mol. The van der Waals surface area contributed by atoms with E-state index in [9.17, 15) is 0 Å². The molecule has 1 aromatic rings. The maximum atomic E-state index is 5.99. The van der Waals surface area contributed by atoms with Crippen molar-refractivity contribution in [3.05, 3.63) is 12.2 Å². The topological polar surface area (TPSA) is 52.0 Å². The number of hydrogen-bond acceptors (Lipinski definition) is 4. The van der Waals surface area contributed by atoms with E-state index in [4.69, 9.17) is 4.74 Å². The predicted octanol–water partition coefficient (Wildman–Crippen LogP) is 2.05. The van der Waals surface area contributed by atoms with Crippen molar-refractivity contribution in [2.24, 2.45) is 0 Å². The summed E-state index contributed by atoms with van der Waals surface area (Å²) >= 11 is 0. The summed E-state index contributed by atoms with van der Waals surface area (Å²) in [4.78, 5) is 4.40. The number of hydrogen-bond donors (Lipinski definition) is 1. The first-order chi connectivity index (χ1) is 9.19. The van der Waals surface area contributed by atoms with Crippen LogP contribution in [-0.4, -0.2) is 33.0 Å². The molecule has 1 unspecified atom stereocenters. The van der Waals surface area contributed by atoms with Gasteiger partial charge < -0.3 is 10.1 Å². The highest BCUT2D eigenvalue weighted by Crippen LogP contribution is 2.45. The normalized spacial score (nSPS) is 25.7. The van der Waals surface area contributed by atoms with E-state index >= 15 is 0 Å². The molecule has 5 heteroatoms. The molecule has 1 atom stereocenters. The van der Waals surface area contributed by atoms with E-state index in [2.05, 4.69) is 33.9 Å². The molecule has 1 aliphatic heterocycles. The maximum Gasteiger partial charge on any atom is 0.141 e. The van der Waals surface area contributed by atoms with Gasteiger partial charge in [0.1, 0.15) is 12.2 Å². The molecule has 106 valence electrons. The Morgan fingerprint density at radius 3 is 3.05 bits per heavy atom. The summed E-state index contributed by atoms with van der Waals surface area (Å²) in [7, 11) is 0. The van der Waals surface area contributed by atoms with E-state index in [1.54, 1.807) is 6.33 Å². The number of aromatic nitrogens is 3. The molecule has 1 aromatic heterocycles. The van der Waals surface area contributed by atoms with Crippen LogP contribution in [0.4, 0.5) is 0 Å². The zero-order valence-corrected chi connectivity index (χ0v) is 11.9. The Labute approximate surface area is 114 Å². The molecule has 0 amide bonds. The van der Waals surface area contributed by atoms with Crippen LogP contribution < -0.4 is 5.32 Å². The summed E-state index contributed by atoms with van der Waals surface area (Å²) in [6.45, 7) is 5.96. The van der Waals surface area contributed by atoms with E-state index in [0.29, 0.717) is 12.1 Å². The van der Waals surface area contributed by atoms with Gasteiger partial charge in [-0.1, -0.05) is 13.8 Å². The summed E-state index contributed by atoms with van der Waals surface area (Å²) in [5, 5.41) is 7.87. The van der Waals surface area contributed by atoms with Crippen LogP contribution in [0, 0.1) is 0 Å². The Balaban J connectivity index is 1.69. The smallest absolute Gasteiger partial charge is 0.141 e. The SMILES string of the molecule is CC(C)NCc1ncnn1C1CCOC2(CCC2)C1. The number of nitrogens with one attached hydrogen (secondary N) is 1.